The third-order valence-corrected chi connectivity index (χ3v) is 2.82. The van der Waals surface area contributed by atoms with Crippen LogP contribution in [-0.4, -0.2) is 31.6 Å². The van der Waals surface area contributed by atoms with E-state index in [4.69, 9.17) is 0 Å². The molecule has 0 atom stereocenters. The molecular weight excluding hydrogens is 250 g/mol. The highest BCUT2D eigenvalue weighted by Gasteiger charge is 1.94. The summed E-state index contributed by atoms with van der Waals surface area (Å²) in [6.45, 7) is 0. The van der Waals surface area contributed by atoms with Gasteiger partial charge in [0.1, 0.15) is 5.75 Å². The first-order valence-electron chi connectivity index (χ1n) is 6.28. The van der Waals surface area contributed by atoms with Crippen molar-refractivity contribution in [3.05, 3.63) is 59.7 Å². The first-order chi connectivity index (χ1) is 9.66. The highest BCUT2D eigenvalue weighted by molar-refractivity contribution is 5.85. The van der Waals surface area contributed by atoms with Crippen molar-refractivity contribution in [1.82, 2.24) is 0 Å². The van der Waals surface area contributed by atoms with E-state index in [9.17, 15) is 5.11 Å². The lowest BCUT2D eigenvalue weighted by atomic mass is 10.2. The molecule has 102 valence electrons. The Hall–Kier alpha value is -2.62. The number of aromatic hydroxyl groups is 1. The van der Waals surface area contributed by atoms with Crippen molar-refractivity contribution in [2.45, 2.75) is 0 Å². The van der Waals surface area contributed by atoms with E-state index in [0.717, 1.165) is 11.3 Å². The van der Waals surface area contributed by atoms with Gasteiger partial charge in [-0.2, -0.15) is 10.2 Å². The van der Waals surface area contributed by atoms with Gasteiger partial charge >= 0.3 is 0 Å². The lowest BCUT2D eigenvalue weighted by molar-refractivity contribution is 0.474. The lowest BCUT2D eigenvalue weighted by Gasteiger charge is -2.11. The standard InChI is InChI=1S/C16H17N3O/c1-19(2)15-9-7-13(8-10-15)11-17-18-12-14-5-3-4-6-16(14)20/h3-12,20H,1-2H3/b17-11-,18-12-. The van der Waals surface area contributed by atoms with E-state index in [2.05, 4.69) is 10.2 Å². The lowest BCUT2D eigenvalue weighted by Crippen LogP contribution is -2.08. The molecule has 0 heterocycles. The van der Waals surface area contributed by atoms with Crippen LogP contribution < -0.4 is 4.90 Å². The monoisotopic (exact) mass is 267 g/mol. The normalized spacial score (nSPS) is 11.3. The van der Waals surface area contributed by atoms with E-state index in [1.807, 2.05) is 49.3 Å². The van der Waals surface area contributed by atoms with Gasteiger partial charge in [0, 0.05) is 25.3 Å². The maximum Gasteiger partial charge on any atom is 0.124 e. The average Bonchev–Trinajstić information content (AvgIpc) is 2.46. The van der Waals surface area contributed by atoms with Crippen molar-refractivity contribution in [1.29, 1.82) is 0 Å². The van der Waals surface area contributed by atoms with Crippen molar-refractivity contribution in [3.63, 3.8) is 0 Å². The second-order valence-corrected chi connectivity index (χ2v) is 4.53. The van der Waals surface area contributed by atoms with Gasteiger partial charge in [-0.1, -0.05) is 24.3 Å². The molecule has 2 aromatic rings. The summed E-state index contributed by atoms with van der Waals surface area (Å²) in [4.78, 5) is 2.04. The Bertz CT molecular complexity index is 616. The molecule has 2 aromatic carbocycles. The fraction of sp³-hybridized carbons (Fsp3) is 0.125. The minimum Gasteiger partial charge on any atom is -0.507 e. The molecule has 4 heteroatoms. The summed E-state index contributed by atoms with van der Waals surface area (Å²) in [6, 6.07) is 15.0. The summed E-state index contributed by atoms with van der Waals surface area (Å²) in [5.74, 6) is 0.196. The summed E-state index contributed by atoms with van der Waals surface area (Å²) < 4.78 is 0. The molecule has 0 bridgehead atoms. The van der Waals surface area contributed by atoms with Gasteiger partial charge in [0.2, 0.25) is 0 Å². The molecular formula is C16H17N3O. The van der Waals surface area contributed by atoms with Crippen LogP contribution in [0.5, 0.6) is 5.75 Å². The summed E-state index contributed by atoms with van der Waals surface area (Å²) in [7, 11) is 4.00. The van der Waals surface area contributed by atoms with Crippen molar-refractivity contribution in [3.8, 4) is 5.75 Å². The number of phenols is 1. The van der Waals surface area contributed by atoms with E-state index in [-0.39, 0.29) is 5.75 Å². The van der Waals surface area contributed by atoms with Gasteiger partial charge in [0.15, 0.2) is 0 Å². The van der Waals surface area contributed by atoms with Crippen LogP contribution in [0.4, 0.5) is 5.69 Å². The summed E-state index contributed by atoms with van der Waals surface area (Å²) >= 11 is 0. The van der Waals surface area contributed by atoms with Gasteiger partial charge in [-0.05, 0) is 29.8 Å². The Kier molecular flexibility index (Phi) is 4.50. The van der Waals surface area contributed by atoms with Crippen molar-refractivity contribution in [2.75, 3.05) is 19.0 Å². The molecule has 0 amide bonds. The number of phenolic OH excluding ortho intramolecular Hbond substituents is 1. The maximum absolute atomic E-state index is 9.56. The van der Waals surface area contributed by atoms with Crippen LogP contribution in [0, 0.1) is 0 Å². The molecule has 0 fully saturated rings. The zero-order chi connectivity index (χ0) is 14.4. The third kappa shape index (κ3) is 3.68. The Morgan fingerprint density at radius 1 is 0.900 bits per heavy atom. The molecule has 0 aliphatic rings. The van der Waals surface area contributed by atoms with Crippen LogP contribution in [0.2, 0.25) is 0 Å². The van der Waals surface area contributed by atoms with Crippen LogP contribution in [0.15, 0.2) is 58.7 Å². The number of para-hydroxylation sites is 1. The Morgan fingerprint density at radius 2 is 1.55 bits per heavy atom. The van der Waals surface area contributed by atoms with Gasteiger partial charge in [0.25, 0.3) is 0 Å². The minimum atomic E-state index is 0.196. The summed E-state index contributed by atoms with van der Waals surface area (Å²) in [5, 5.41) is 17.5. The molecule has 2 rings (SSSR count). The first kappa shape index (κ1) is 13.8. The van der Waals surface area contributed by atoms with Crippen molar-refractivity contribution < 1.29 is 5.11 Å². The average molecular weight is 267 g/mol. The summed E-state index contributed by atoms with van der Waals surface area (Å²) in [6.07, 6.45) is 3.20. The fourth-order valence-corrected chi connectivity index (χ4v) is 1.65. The van der Waals surface area contributed by atoms with Crippen LogP contribution in [0.3, 0.4) is 0 Å². The third-order valence-electron chi connectivity index (χ3n) is 2.82. The van der Waals surface area contributed by atoms with Gasteiger partial charge in [-0.15, -0.1) is 0 Å². The number of hydrogen-bond acceptors (Lipinski definition) is 4. The molecule has 20 heavy (non-hydrogen) atoms. The fourth-order valence-electron chi connectivity index (χ4n) is 1.65. The van der Waals surface area contributed by atoms with Gasteiger partial charge in [0.05, 0.1) is 12.4 Å². The van der Waals surface area contributed by atoms with Gasteiger partial charge in [-0.25, -0.2) is 0 Å². The zero-order valence-corrected chi connectivity index (χ0v) is 11.6. The minimum absolute atomic E-state index is 0.196. The Balaban J connectivity index is 2.01. The molecule has 4 nitrogen and oxygen atoms in total. The SMILES string of the molecule is CN(C)c1ccc(/C=N\N=C/c2ccccc2O)cc1. The van der Waals surface area contributed by atoms with E-state index in [1.54, 1.807) is 24.4 Å². The molecule has 0 radical (unpaired) electrons. The summed E-state index contributed by atoms with van der Waals surface area (Å²) in [5.41, 5.74) is 2.76. The van der Waals surface area contributed by atoms with Crippen molar-refractivity contribution >= 4 is 18.1 Å². The zero-order valence-electron chi connectivity index (χ0n) is 11.6. The van der Waals surface area contributed by atoms with Gasteiger partial charge in [-0.3, -0.25) is 0 Å². The molecule has 0 spiro atoms. The van der Waals surface area contributed by atoms with Crippen LogP contribution >= 0.6 is 0 Å². The van der Waals surface area contributed by atoms with Crippen LogP contribution in [0.1, 0.15) is 11.1 Å². The second kappa shape index (κ2) is 6.52. The van der Waals surface area contributed by atoms with E-state index >= 15 is 0 Å². The highest BCUT2D eigenvalue weighted by atomic mass is 16.3. The molecule has 0 aromatic heterocycles. The predicted molar refractivity (Wildman–Crippen MR) is 84.1 cm³/mol. The number of rotatable bonds is 4. The van der Waals surface area contributed by atoms with Crippen LogP contribution in [-0.2, 0) is 0 Å². The highest BCUT2D eigenvalue weighted by Crippen LogP contribution is 2.13. The second-order valence-electron chi connectivity index (χ2n) is 4.53. The topological polar surface area (TPSA) is 48.2 Å². The van der Waals surface area contributed by atoms with E-state index in [1.165, 1.54) is 6.21 Å². The van der Waals surface area contributed by atoms with Gasteiger partial charge < -0.3 is 10.0 Å². The molecule has 0 saturated carbocycles. The Morgan fingerprint density at radius 3 is 2.20 bits per heavy atom. The molecule has 0 saturated heterocycles. The number of nitrogens with zero attached hydrogens (tertiary/aromatic N) is 3. The Labute approximate surface area is 118 Å². The molecule has 1 N–H and O–H groups in total. The molecule has 0 unspecified atom stereocenters. The smallest absolute Gasteiger partial charge is 0.124 e. The number of benzene rings is 2. The van der Waals surface area contributed by atoms with Crippen LogP contribution in [0.25, 0.3) is 0 Å². The van der Waals surface area contributed by atoms with E-state index < -0.39 is 0 Å². The van der Waals surface area contributed by atoms with E-state index in [0.29, 0.717) is 5.56 Å². The molecule has 0 aliphatic heterocycles. The number of hydrogen-bond donors (Lipinski definition) is 1. The number of anilines is 1. The maximum atomic E-state index is 9.56. The van der Waals surface area contributed by atoms with Crippen molar-refractivity contribution in [2.24, 2.45) is 10.2 Å². The molecule has 0 aliphatic carbocycles. The first-order valence-corrected chi connectivity index (χ1v) is 6.28. The predicted octanol–water partition coefficient (Wildman–Crippen LogP) is 2.91. The quantitative estimate of drug-likeness (QED) is 0.684. The largest absolute Gasteiger partial charge is 0.507 e.